The first-order chi connectivity index (χ1) is 13.5. The first kappa shape index (κ1) is 18.2. The van der Waals surface area contributed by atoms with Crippen LogP contribution < -0.4 is 14.8 Å². The fraction of sp³-hybridized carbons (Fsp3) is 0.167. The van der Waals surface area contributed by atoms with Crippen molar-refractivity contribution < 1.29 is 18.3 Å². The molecule has 4 rings (SSSR count). The average molecular weight is 406 g/mol. The summed E-state index contributed by atoms with van der Waals surface area (Å²) in [7, 11) is 1.58. The van der Waals surface area contributed by atoms with Gasteiger partial charge in [0.2, 0.25) is 5.95 Å². The van der Waals surface area contributed by atoms with E-state index in [9.17, 15) is 8.78 Å². The lowest BCUT2D eigenvalue weighted by atomic mass is 10.0. The smallest absolute Gasteiger partial charge is 0.387 e. The van der Waals surface area contributed by atoms with Crippen molar-refractivity contribution in [2.24, 2.45) is 0 Å². The van der Waals surface area contributed by atoms with Crippen LogP contribution in [0.5, 0.6) is 11.5 Å². The Kier molecular flexibility index (Phi) is 4.82. The zero-order chi connectivity index (χ0) is 19.7. The van der Waals surface area contributed by atoms with E-state index in [2.05, 4.69) is 25.6 Å². The highest BCUT2D eigenvalue weighted by Gasteiger charge is 2.27. The van der Waals surface area contributed by atoms with Crippen molar-refractivity contribution in [1.82, 2.24) is 20.2 Å². The van der Waals surface area contributed by atoms with Crippen LogP contribution in [0.15, 0.2) is 48.5 Å². The van der Waals surface area contributed by atoms with E-state index in [0.717, 1.165) is 5.56 Å². The minimum Gasteiger partial charge on any atom is -0.497 e. The van der Waals surface area contributed by atoms with Crippen molar-refractivity contribution in [2.45, 2.75) is 12.7 Å². The summed E-state index contributed by atoms with van der Waals surface area (Å²) in [6.45, 7) is -2.97. The lowest BCUT2D eigenvalue weighted by molar-refractivity contribution is -0.0506. The molecular weight excluding hydrogens is 392 g/mol. The zero-order valence-corrected chi connectivity index (χ0v) is 15.3. The minimum atomic E-state index is -2.97. The summed E-state index contributed by atoms with van der Waals surface area (Å²) in [5.41, 5.74) is 1.96. The molecule has 1 aromatic heterocycles. The molecule has 1 N–H and O–H groups in total. The summed E-state index contributed by atoms with van der Waals surface area (Å²) in [4.78, 5) is 0. The number of methoxy groups -OCH3 is 1. The fourth-order valence-corrected chi connectivity index (χ4v) is 3.15. The Hall–Kier alpha value is -3.20. The summed E-state index contributed by atoms with van der Waals surface area (Å²) in [6, 6.07) is 11.2. The number of anilines is 1. The number of benzene rings is 2. The molecule has 1 atom stereocenters. The topological polar surface area (TPSA) is 74.1 Å². The number of fused-ring (bicyclic) bond motifs is 1. The third kappa shape index (κ3) is 3.48. The van der Waals surface area contributed by atoms with E-state index in [1.807, 2.05) is 30.3 Å². The molecule has 0 spiro atoms. The number of aromatic nitrogens is 4. The Balaban J connectivity index is 1.81. The van der Waals surface area contributed by atoms with Crippen LogP contribution in [-0.4, -0.2) is 33.9 Å². The van der Waals surface area contributed by atoms with Crippen molar-refractivity contribution in [3.63, 3.8) is 0 Å². The molecule has 144 valence electrons. The van der Waals surface area contributed by atoms with E-state index >= 15 is 0 Å². The SMILES string of the molecule is COc1ccc(C2=CC(c3cc(Cl)ccc3OC(F)F)n3nnnc3N2)cc1. The summed E-state index contributed by atoms with van der Waals surface area (Å²) in [5.74, 6) is 1.07. The quantitative estimate of drug-likeness (QED) is 0.691. The predicted molar refractivity (Wildman–Crippen MR) is 98.6 cm³/mol. The van der Waals surface area contributed by atoms with Crippen molar-refractivity contribution >= 4 is 23.2 Å². The molecule has 0 saturated carbocycles. The van der Waals surface area contributed by atoms with Gasteiger partial charge in [0.05, 0.1) is 7.11 Å². The third-order valence-electron chi connectivity index (χ3n) is 4.23. The second kappa shape index (κ2) is 7.43. The lowest BCUT2D eigenvalue weighted by Crippen LogP contribution is -2.21. The molecule has 0 amide bonds. The number of hydrogen-bond donors (Lipinski definition) is 1. The number of tetrazole rings is 1. The van der Waals surface area contributed by atoms with E-state index in [-0.39, 0.29) is 5.75 Å². The van der Waals surface area contributed by atoms with Gasteiger partial charge < -0.3 is 14.8 Å². The van der Waals surface area contributed by atoms with E-state index in [0.29, 0.717) is 28.0 Å². The molecule has 0 radical (unpaired) electrons. The summed E-state index contributed by atoms with van der Waals surface area (Å²) in [6.07, 6.45) is 1.81. The maximum Gasteiger partial charge on any atom is 0.387 e. The molecular formula is C18H14ClF2N5O2. The van der Waals surface area contributed by atoms with Crippen LogP contribution in [-0.2, 0) is 0 Å². The van der Waals surface area contributed by atoms with Gasteiger partial charge in [-0.05, 0) is 64.5 Å². The molecule has 0 bridgehead atoms. The van der Waals surface area contributed by atoms with Gasteiger partial charge in [0.15, 0.2) is 0 Å². The number of ether oxygens (including phenoxy) is 2. The van der Waals surface area contributed by atoms with Gasteiger partial charge in [0.25, 0.3) is 0 Å². The highest BCUT2D eigenvalue weighted by molar-refractivity contribution is 6.30. The van der Waals surface area contributed by atoms with Crippen LogP contribution in [0.1, 0.15) is 17.2 Å². The molecule has 28 heavy (non-hydrogen) atoms. The van der Waals surface area contributed by atoms with Gasteiger partial charge in [-0.2, -0.15) is 13.5 Å². The predicted octanol–water partition coefficient (Wildman–Crippen LogP) is 3.99. The Morgan fingerprint density at radius 1 is 1.18 bits per heavy atom. The third-order valence-corrected chi connectivity index (χ3v) is 4.47. The first-order valence-corrected chi connectivity index (χ1v) is 8.58. The standard InChI is InChI=1S/C18H14ClF2N5O2/c1-27-12-5-2-10(3-6-12)14-9-15(26-18(22-14)23-24-25-26)13-8-11(19)4-7-16(13)28-17(20)21/h2-9,15,17H,1H3,(H,22,23,25). The number of nitrogens with zero attached hydrogens (tertiary/aromatic N) is 4. The fourth-order valence-electron chi connectivity index (χ4n) is 2.97. The molecule has 2 heterocycles. The van der Waals surface area contributed by atoms with Crippen LogP contribution >= 0.6 is 11.6 Å². The van der Waals surface area contributed by atoms with Crippen LogP contribution in [0.25, 0.3) is 5.70 Å². The summed E-state index contributed by atoms with van der Waals surface area (Å²) >= 11 is 6.11. The Bertz CT molecular complexity index is 1020. The van der Waals surface area contributed by atoms with Crippen LogP contribution in [0.2, 0.25) is 5.02 Å². The van der Waals surface area contributed by atoms with Crippen LogP contribution in [0, 0.1) is 0 Å². The lowest BCUT2D eigenvalue weighted by Gasteiger charge is -2.25. The second-order valence-electron chi connectivity index (χ2n) is 5.89. The van der Waals surface area contributed by atoms with Gasteiger partial charge in [-0.15, -0.1) is 0 Å². The van der Waals surface area contributed by atoms with Gasteiger partial charge in [-0.1, -0.05) is 16.7 Å². The van der Waals surface area contributed by atoms with Crippen LogP contribution in [0.3, 0.4) is 0 Å². The van der Waals surface area contributed by atoms with E-state index < -0.39 is 12.7 Å². The maximum absolute atomic E-state index is 12.9. The Morgan fingerprint density at radius 3 is 2.68 bits per heavy atom. The highest BCUT2D eigenvalue weighted by Crippen LogP contribution is 2.37. The second-order valence-corrected chi connectivity index (χ2v) is 6.32. The van der Waals surface area contributed by atoms with Crippen molar-refractivity contribution in [2.75, 3.05) is 12.4 Å². The monoisotopic (exact) mass is 405 g/mol. The van der Waals surface area contributed by atoms with Gasteiger partial charge in [0, 0.05) is 16.3 Å². The number of hydrogen-bond acceptors (Lipinski definition) is 6. The number of allylic oxidation sites excluding steroid dienone is 1. The number of rotatable bonds is 5. The molecule has 1 aliphatic heterocycles. The minimum absolute atomic E-state index is 0.00178. The molecule has 0 saturated heterocycles. The molecule has 1 unspecified atom stereocenters. The molecule has 3 aromatic rings. The molecule has 0 fully saturated rings. The van der Waals surface area contributed by atoms with Gasteiger partial charge in [0.1, 0.15) is 17.5 Å². The van der Waals surface area contributed by atoms with Gasteiger partial charge in [-0.25, -0.2) is 0 Å². The van der Waals surface area contributed by atoms with Crippen molar-refractivity contribution in [3.8, 4) is 11.5 Å². The molecule has 7 nitrogen and oxygen atoms in total. The Morgan fingerprint density at radius 2 is 1.96 bits per heavy atom. The van der Waals surface area contributed by atoms with E-state index in [1.165, 1.54) is 16.8 Å². The number of halogens is 3. The zero-order valence-electron chi connectivity index (χ0n) is 14.5. The van der Waals surface area contributed by atoms with Gasteiger partial charge in [-0.3, -0.25) is 0 Å². The number of alkyl halides is 2. The normalized spacial score (nSPS) is 15.6. The summed E-state index contributed by atoms with van der Waals surface area (Å²) in [5, 5.41) is 15.1. The first-order valence-electron chi connectivity index (χ1n) is 8.20. The van der Waals surface area contributed by atoms with Crippen molar-refractivity contribution in [3.05, 3.63) is 64.7 Å². The highest BCUT2D eigenvalue weighted by atomic mass is 35.5. The van der Waals surface area contributed by atoms with Gasteiger partial charge >= 0.3 is 6.61 Å². The number of nitrogens with one attached hydrogen (secondary N) is 1. The maximum atomic E-state index is 12.9. The van der Waals surface area contributed by atoms with Crippen LogP contribution in [0.4, 0.5) is 14.7 Å². The largest absolute Gasteiger partial charge is 0.497 e. The molecule has 0 aliphatic carbocycles. The average Bonchev–Trinajstić information content (AvgIpc) is 3.17. The summed E-state index contributed by atoms with van der Waals surface area (Å²) < 4.78 is 37.1. The van der Waals surface area contributed by atoms with Crippen molar-refractivity contribution in [1.29, 1.82) is 0 Å². The van der Waals surface area contributed by atoms with E-state index in [4.69, 9.17) is 16.3 Å². The molecule has 10 heteroatoms. The molecule has 2 aromatic carbocycles. The Labute approximate surface area is 163 Å². The molecule has 1 aliphatic rings. The van der Waals surface area contributed by atoms with E-state index in [1.54, 1.807) is 13.2 Å².